The fourth-order valence-corrected chi connectivity index (χ4v) is 1.49. The van der Waals surface area contributed by atoms with E-state index in [4.69, 9.17) is 0 Å². The first-order valence-electron chi connectivity index (χ1n) is 4.14. The van der Waals surface area contributed by atoms with Crippen molar-refractivity contribution >= 4 is 16.5 Å². The van der Waals surface area contributed by atoms with Crippen LogP contribution in [0.1, 0.15) is 5.56 Å². The Morgan fingerprint density at radius 1 is 1.08 bits per heavy atom. The third-order valence-corrected chi connectivity index (χ3v) is 2.19. The van der Waals surface area contributed by atoms with Crippen LogP contribution in [-0.4, -0.2) is 0 Å². The molecule has 0 saturated carbocycles. The lowest BCUT2D eigenvalue weighted by Gasteiger charge is -2.01. The van der Waals surface area contributed by atoms with E-state index in [1.165, 1.54) is 0 Å². The molecule has 0 aliphatic rings. The molecule has 0 aliphatic carbocycles. The number of hydrogen-bond donors (Lipinski definition) is 0. The summed E-state index contributed by atoms with van der Waals surface area (Å²) in [5, 5.41) is 5.03. The quantitative estimate of drug-likeness (QED) is 0.603. The second kappa shape index (κ2) is 2.98. The summed E-state index contributed by atoms with van der Waals surface area (Å²) >= 11 is 0. The van der Waals surface area contributed by atoms with Crippen molar-refractivity contribution < 1.29 is 0 Å². The van der Waals surface area contributed by atoms with Crippen LogP contribution >= 0.6 is 0 Å². The van der Waals surface area contributed by atoms with Crippen molar-refractivity contribution in [3.8, 4) is 0 Å². The van der Waals surface area contributed by atoms with Crippen LogP contribution in [-0.2, 0) is 0 Å². The molecule has 2 aromatic rings. The molecule has 13 heavy (non-hydrogen) atoms. The highest BCUT2D eigenvalue weighted by Crippen LogP contribution is 2.28. The third-order valence-electron chi connectivity index (χ3n) is 2.19. The van der Waals surface area contributed by atoms with E-state index >= 15 is 0 Å². The highest BCUT2D eigenvalue weighted by atomic mass is 16.3. The van der Waals surface area contributed by atoms with Crippen LogP contribution in [0.15, 0.2) is 41.6 Å². The SMILES string of the molecule is Cc1ccc2ccccc2c1N=O. The lowest BCUT2D eigenvalue weighted by molar-refractivity contribution is 1.42. The maximum absolute atomic E-state index is 10.6. The molecule has 0 heterocycles. The molecule has 2 heteroatoms. The van der Waals surface area contributed by atoms with Gasteiger partial charge in [-0.25, -0.2) is 0 Å². The zero-order valence-corrected chi connectivity index (χ0v) is 7.32. The van der Waals surface area contributed by atoms with Gasteiger partial charge in [-0.3, -0.25) is 0 Å². The maximum Gasteiger partial charge on any atom is 0.118 e. The first-order chi connectivity index (χ1) is 6.33. The van der Waals surface area contributed by atoms with Gasteiger partial charge in [0.25, 0.3) is 0 Å². The minimum atomic E-state index is 0.554. The van der Waals surface area contributed by atoms with E-state index in [9.17, 15) is 4.91 Å². The van der Waals surface area contributed by atoms with E-state index in [1.54, 1.807) is 0 Å². The number of benzene rings is 2. The lowest BCUT2D eigenvalue weighted by Crippen LogP contribution is -1.77. The summed E-state index contributed by atoms with van der Waals surface area (Å²) in [5.41, 5.74) is 1.48. The standard InChI is InChI=1S/C11H9NO/c1-8-6-7-9-4-2-3-5-10(9)11(8)12-13/h2-7H,1H3. The molecule has 0 bridgehead atoms. The zero-order chi connectivity index (χ0) is 9.26. The van der Waals surface area contributed by atoms with Crippen LogP contribution < -0.4 is 0 Å². The summed E-state index contributed by atoms with van der Waals surface area (Å²) in [5.74, 6) is 0. The Kier molecular flexibility index (Phi) is 1.81. The first kappa shape index (κ1) is 7.92. The summed E-state index contributed by atoms with van der Waals surface area (Å²) in [4.78, 5) is 10.6. The van der Waals surface area contributed by atoms with Gasteiger partial charge in [-0.15, -0.1) is 4.91 Å². The van der Waals surface area contributed by atoms with Gasteiger partial charge in [0.15, 0.2) is 0 Å². The van der Waals surface area contributed by atoms with Crippen LogP contribution in [0.25, 0.3) is 10.8 Å². The van der Waals surface area contributed by atoms with Gasteiger partial charge < -0.3 is 0 Å². The molecule has 64 valence electrons. The van der Waals surface area contributed by atoms with E-state index in [2.05, 4.69) is 5.18 Å². The summed E-state index contributed by atoms with van der Waals surface area (Å²) in [6.07, 6.45) is 0. The number of nitrogens with zero attached hydrogens (tertiary/aromatic N) is 1. The summed E-state index contributed by atoms with van der Waals surface area (Å²) in [6, 6.07) is 11.7. The Morgan fingerprint density at radius 2 is 1.85 bits per heavy atom. The highest BCUT2D eigenvalue weighted by Gasteiger charge is 2.03. The van der Waals surface area contributed by atoms with Gasteiger partial charge in [0.05, 0.1) is 0 Å². The molecule has 0 unspecified atom stereocenters. The van der Waals surface area contributed by atoms with E-state index in [-0.39, 0.29) is 0 Å². The van der Waals surface area contributed by atoms with Gasteiger partial charge in [-0.1, -0.05) is 36.4 Å². The minimum Gasteiger partial charge on any atom is -0.145 e. The van der Waals surface area contributed by atoms with Gasteiger partial charge in [0, 0.05) is 5.39 Å². The van der Waals surface area contributed by atoms with Crippen molar-refractivity contribution in [3.63, 3.8) is 0 Å². The van der Waals surface area contributed by atoms with Crippen molar-refractivity contribution in [2.24, 2.45) is 5.18 Å². The number of hydrogen-bond acceptors (Lipinski definition) is 2. The number of aryl methyl sites for hydroxylation is 1. The molecule has 0 amide bonds. The second-order valence-electron chi connectivity index (χ2n) is 3.04. The summed E-state index contributed by atoms with van der Waals surface area (Å²) < 4.78 is 0. The van der Waals surface area contributed by atoms with Crippen LogP contribution in [0.5, 0.6) is 0 Å². The average Bonchev–Trinajstić information content (AvgIpc) is 2.18. The smallest absolute Gasteiger partial charge is 0.118 e. The lowest BCUT2D eigenvalue weighted by atomic mass is 10.1. The van der Waals surface area contributed by atoms with Crippen LogP contribution in [0.2, 0.25) is 0 Å². The molecule has 0 spiro atoms. The summed E-state index contributed by atoms with van der Waals surface area (Å²) in [7, 11) is 0. The van der Waals surface area contributed by atoms with Crippen molar-refractivity contribution in [3.05, 3.63) is 46.9 Å². The van der Waals surface area contributed by atoms with Crippen LogP contribution in [0.4, 0.5) is 5.69 Å². The van der Waals surface area contributed by atoms with Crippen molar-refractivity contribution in [1.29, 1.82) is 0 Å². The van der Waals surface area contributed by atoms with Gasteiger partial charge in [-0.05, 0) is 23.1 Å². The van der Waals surface area contributed by atoms with Gasteiger partial charge in [0.1, 0.15) is 5.69 Å². The second-order valence-corrected chi connectivity index (χ2v) is 3.04. The van der Waals surface area contributed by atoms with Crippen LogP contribution in [0.3, 0.4) is 0 Å². The molecule has 0 aliphatic heterocycles. The molecular weight excluding hydrogens is 162 g/mol. The fourth-order valence-electron chi connectivity index (χ4n) is 1.49. The number of nitroso groups, excluding NO2 is 1. The fraction of sp³-hybridized carbons (Fsp3) is 0.0909. The summed E-state index contributed by atoms with van der Waals surface area (Å²) in [6.45, 7) is 1.89. The van der Waals surface area contributed by atoms with Crippen molar-refractivity contribution in [2.75, 3.05) is 0 Å². The molecule has 2 nitrogen and oxygen atoms in total. The third kappa shape index (κ3) is 1.20. The molecule has 0 atom stereocenters. The molecule has 2 rings (SSSR count). The normalized spacial score (nSPS) is 10.2. The molecule has 0 N–H and O–H groups in total. The Bertz CT molecular complexity index is 463. The van der Waals surface area contributed by atoms with Gasteiger partial charge in [-0.2, -0.15) is 0 Å². The molecule has 0 radical (unpaired) electrons. The number of rotatable bonds is 1. The predicted octanol–water partition coefficient (Wildman–Crippen LogP) is 3.55. The van der Waals surface area contributed by atoms with Crippen molar-refractivity contribution in [1.82, 2.24) is 0 Å². The average molecular weight is 171 g/mol. The van der Waals surface area contributed by atoms with Crippen LogP contribution in [0, 0.1) is 11.8 Å². The largest absolute Gasteiger partial charge is 0.145 e. The Morgan fingerprint density at radius 3 is 2.62 bits per heavy atom. The van der Waals surface area contributed by atoms with E-state index < -0.39 is 0 Å². The highest BCUT2D eigenvalue weighted by molar-refractivity contribution is 5.93. The monoisotopic (exact) mass is 171 g/mol. The Hall–Kier alpha value is -1.70. The first-order valence-corrected chi connectivity index (χ1v) is 4.14. The maximum atomic E-state index is 10.6. The minimum absolute atomic E-state index is 0.554. The van der Waals surface area contributed by atoms with E-state index in [1.807, 2.05) is 43.3 Å². The van der Waals surface area contributed by atoms with Gasteiger partial charge >= 0.3 is 0 Å². The van der Waals surface area contributed by atoms with E-state index in [0.29, 0.717) is 5.69 Å². The van der Waals surface area contributed by atoms with Crippen molar-refractivity contribution in [2.45, 2.75) is 6.92 Å². The Balaban J connectivity index is 2.91. The zero-order valence-electron chi connectivity index (χ0n) is 7.32. The topological polar surface area (TPSA) is 29.4 Å². The molecule has 2 aromatic carbocycles. The van der Waals surface area contributed by atoms with Gasteiger partial charge in [0.2, 0.25) is 0 Å². The molecular formula is C11H9NO. The number of fused-ring (bicyclic) bond motifs is 1. The molecule has 0 aromatic heterocycles. The molecule has 0 fully saturated rings. The van der Waals surface area contributed by atoms with E-state index in [0.717, 1.165) is 16.3 Å². The molecule has 0 saturated heterocycles. The Labute approximate surface area is 76.2 Å². The predicted molar refractivity (Wildman–Crippen MR) is 54.1 cm³/mol.